The van der Waals surface area contributed by atoms with Crippen LogP contribution in [0.5, 0.6) is 5.75 Å². The summed E-state index contributed by atoms with van der Waals surface area (Å²) in [5.74, 6) is 0.932. The van der Waals surface area contributed by atoms with Gasteiger partial charge in [0.15, 0.2) is 6.29 Å². The van der Waals surface area contributed by atoms with Crippen molar-refractivity contribution in [3.05, 3.63) is 23.8 Å². The maximum atomic E-state index is 5.74. The standard InChI is InChI=1S/C16H24BO3/c1-13-12-14(7-8-15(13)17-2)18-10-5-11-20-16-6-3-4-9-19-16/h7-8,12,16H,3-6,9-11H2,1-2H3. The zero-order chi connectivity index (χ0) is 14.2. The fourth-order valence-corrected chi connectivity index (χ4v) is 2.37. The molecule has 1 heterocycles. The van der Waals surface area contributed by atoms with Crippen LogP contribution in [0.2, 0.25) is 6.82 Å². The van der Waals surface area contributed by atoms with E-state index < -0.39 is 0 Å². The van der Waals surface area contributed by atoms with Gasteiger partial charge in [0.25, 0.3) is 0 Å². The maximum absolute atomic E-state index is 5.74. The maximum Gasteiger partial charge on any atom is 0.157 e. The summed E-state index contributed by atoms with van der Waals surface area (Å²) in [6.07, 6.45) is 4.29. The van der Waals surface area contributed by atoms with Gasteiger partial charge in [-0.25, -0.2) is 0 Å². The number of benzene rings is 1. The van der Waals surface area contributed by atoms with Crippen molar-refractivity contribution < 1.29 is 14.2 Å². The molecule has 2 rings (SSSR count). The third kappa shape index (κ3) is 4.84. The van der Waals surface area contributed by atoms with Gasteiger partial charge in [0.1, 0.15) is 13.0 Å². The second-order valence-electron chi connectivity index (χ2n) is 5.18. The topological polar surface area (TPSA) is 27.7 Å². The Hall–Kier alpha value is -0.995. The van der Waals surface area contributed by atoms with E-state index in [1.807, 2.05) is 12.9 Å². The highest BCUT2D eigenvalue weighted by molar-refractivity contribution is 6.52. The first kappa shape index (κ1) is 15.4. The average molecular weight is 275 g/mol. The third-order valence-electron chi connectivity index (χ3n) is 3.55. The number of ether oxygens (including phenoxy) is 3. The van der Waals surface area contributed by atoms with Gasteiger partial charge < -0.3 is 14.2 Å². The van der Waals surface area contributed by atoms with Crippen molar-refractivity contribution in [1.82, 2.24) is 0 Å². The molecule has 1 aliphatic rings. The molecule has 0 saturated carbocycles. The van der Waals surface area contributed by atoms with Gasteiger partial charge in [-0.05, 0) is 38.3 Å². The molecule has 1 aromatic carbocycles. The summed E-state index contributed by atoms with van der Waals surface area (Å²) in [7, 11) is 2.11. The Labute approximate surface area is 122 Å². The van der Waals surface area contributed by atoms with E-state index in [2.05, 4.69) is 26.3 Å². The van der Waals surface area contributed by atoms with Gasteiger partial charge in [0.2, 0.25) is 0 Å². The predicted octanol–water partition coefficient (Wildman–Crippen LogP) is 2.68. The minimum absolute atomic E-state index is 0.00497. The molecule has 1 radical (unpaired) electrons. The summed E-state index contributed by atoms with van der Waals surface area (Å²) in [6, 6.07) is 6.20. The quantitative estimate of drug-likeness (QED) is 0.565. The first-order chi connectivity index (χ1) is 9.79. The van der Waals surface area contributed by atoms with E-state index in [-0.39, 0.29) is 6.29 Å². The first-order valence-electron chi connectivity index (χ1n) is 7.55. The molecule has 20 heavy (non-hydrogen) atoms. The van der Waals surface area contributed by atoms with Gasteiger partial charge in [-0.2, -0.15) is 0 Å². The number of hydrogen-bond acceptors (Lipinski definition) is 3. The Balaban J connectivity index is 1.61. The van der Waals surface area contributed by atoms with E-state index in [1.54, 1.807) is 0 Å². The number of hydrogen-bond donors (Lipinski definition) is 0. The van der Waals surface area contributed by atoms with E-state index in [1.165, 1.54) is 17.4 Å². The number of rotatable bonds is 7. The van der Waals surface area contributed by atoms with Crippen molar-refractivity contribution in [2.75, 3.05) is 19.8 Å². The second kappa shape index (κ2) is 8.33. The normalized spacial score (nSPS) is 18.8. The Bertz CT molecular complexity index is 403. The Morgan fingerprint density at radius 1 is 1.30 bits per heavy atom. The van der Waals surface area contributed by atoms with Crippen molar-refractivity contribution in [3.8, 4) is 5.75 Å². The SMILES string of the molecule is C[B]c1ccc(OCCCOC2CCCCO2)cc1C. The molecule has 0 aliphatic carbocycles. The first-order valence-corrected chi connectivity index (χ1v) is 7.55. The fraction of sp³-hybridized carbons (Fsp3) is 0.625. The second-order valence-corrected chi connectivity index (χ2v) is 5.18. The zero-order valence-electron chi connectivity index (χ0n) is 12.6. The summed E-state index contributed by atoms with van der Waals surface area (Å²) in [6.45, 7) is 6.37. The molecule has 1 aromatic rings. The van der Waals surface area contributed by atoms with E-state index in [0.29, 0.717) is 13.2 Å². The Morgan fingerprint density at radius 2 is 2.20 bits per heavy atom. The average Bonchev–Trinajstić information content (AvgIpc) is 2.48. The lowest BCUT2D eigenvalue weighted by Crippen LogP contribution is -2.23. The Kier molecular flexibility index (Phi) is 6.41. The van der Waals surface area contributed by atoms with Crippen LogP contribution in [-0.2, 0) is 9.47 Å². The summed E-state index contributed by atoms with van der Waals surface area (Å²) in [5, 5.41) is 0. The van der Waals surface area contributed by atoms with Crippen molar-refractivity contribution in [2.45, 2.75) is 45.7 Å². The van der Waals surface area contributed by atoms with Crippen LogP contribution in [0, 0.1) is 6.92 Å². The summed E-state index contributed by atoms with van der Waals surface area (Å²) in [5.41, 5.74) is 2.51. The highest BCUT2D eigenvalue weighted by atomic mass is 16.7. The van der Waals surface area contributed by atoms with Crippen LogP contribution in [0.1, 0.15) is 31.2 Å². The molecule has 1 aliphatic heterocycles. The fourth-order valence-electron chi connectivity index (χ4n) is 2.37. The van der Waals surface area contributed by atoms with Gasteiger partial charge in [-0.15, -0.1) is 0 Å². The van der Waals surface area contributed by atoms with Crippen molar-refractivity contribution in [2.24, 2.45) is 0 Å². The molecule has 1 atom stereocenters. The van der Waals surface area contributed by atoms with Crippen molar-refractivity contribution >= 4 is 12.7 Å². The van der Waals surface area contributed by atoms with Crippen molar-refractivity contribution in [1.29, 1.82) is 0 Å². The van der Waals surface area contributed by atoms with Crippen LogP contribution in [-0.4, -0.2) is 33.4 Å². The summed E-state index contributed by atoms with van der Waals surface area (Å²) < 4.78 is 16.9. The molecule has 0 spiro atoms. The molecule has 1 unspecified atom stereocenters. The van der Waals surface area contributed by atoms with Crippen LogP contribution < -0.4 is 10.2 Å². The monoisotopic (exact) mass is 275 g/mol. The summed E-state index contributed by atoms with van der Waals surface area (Å²) >= 11 is 0. The molecule has 1 fully saturated rings. The highest BCUT2D eigenvalue weighted by Crippen LogP contribution is 2.14. The van der Waals surface area contributed by atoms with Crippen molar-refractivity contribution in [3.63, 3.8) is 0 Å². The molecular weight excluding hydrogens is 251 g/mol. The number of aryl methyl sites for hydroxylation is 1. The van der Waals surface area contributed by atoms with E-state index in [0.717, 1.165) is 31.6 Å². The molecule has 0 N–H and O–H groups in total. The highest BCUT2D eigenvalue weighted by Gasteiger charge is 2.13. The van der Waals surface area contributed by atoms with E-state index in [9.17, 15) is 0 Å². The molecule has 109 valence electrons. The predicted molar refractivity (Wildman–Crippen MR) is 82.1 cm³/mol. The third-order valence-corrected chi connectivity index (χ3v) is 3.55. The molecule has 3 nitrogen and oxygen atoms in total. The zero-order valence-corrected chi connectivity index (χ0v) is 12.6. The van der Waals surface area contributed by atoms with E-state index in [4.69, 9.17) is 14.2 Å². The lowest BCUT2D eigenvalue weighted by molar-refractivity contribution is -0.163. The van der Waals surface area contributed by atoms with Gasteiger partial charge in [-0.1, -0.05) is 23.9 Å². The van der Waals surface area contributed by atoms with Crippen LogP contribution in [0.3, 0.4) is 0 Å². The minimum atomic E-state index is 0.00497. The summed E-state index contributed by atoms with van der Waals surface area (Å²) in [4.78, 5) is 0. The smallest absolute Gasteiger partial charge is 0.157 e. The Morgan fingerprint density at radius 3 is 2.90 bits per heavy atom. The van der Waals surface area contributed by atoms with Crippen LogP contribution in [0.15, 0.2) is 18.2 Å². The van der Waals surface area contributed by atoms with Gasteiger partial charge >= 0.3 is 0 Å². The van der Waals surface area contributed by atoms with Gasteiger partial charge in [0.05, 0.1) is 13.2 Å². The van der Waals surface area contributed by atoms with E-state index >= 15 is 0 Å². The minimum Gasteiger partial charge on any atom is -0.494 e. The molecular formula is C16H24BO3. The van der Waals surface area contributed by atoms with Gasteiger partial charge in [-0.3, -0.25) is 0 Å². The lowest BCUT2D eigenvalue weighted by Gasteiger charge is -2.22. The molecule has 0 amide bonds. The van der Waals surface area contributed by atoms with Crippen LogP contribution >= 0.6 is 0 Å². The largest absolute Gasteiger partial charge is 0.494 e. The lowest BCUT2D eigenvalue weighted by atomic mass is 9.71. The van der Waals surface area contributed by atoms with Gasteiger partial charge in [0, 0.05) is 13.0 Å². The molecule has 0 bridgehead atoms. The molecule has 4 heteroatoms. The molecule has 1 saturated heterocycles. The molecule has 0 aromatic heterocycles. The van der Waals surface area contributed by atoms with Crippen LogP contribution in [0.25, 0.3) is 0 Å². The van der Waals surface area contributed by atoms with Crippen LogP contribution in [0.4, 0.5) is 0 Å².